The largest absolute Gasteiger partial charge is 0.480 e. The summed E-state index contributed by atoms with van der Waals surface area (Å²) in [6.45, 7) is 2.42. The van der Waals surface area contributed by atoms with Gasteiger partial charge < -0.3 is 5.11 Å². The Morgan fingerprint density at radius 2 is 2.44 bits per heavy atom. The van der Waals surface area contributed by atoms with E-state index in [2.05, 4.69) is 4.98 Å². The van der Waals surface area contributed by atoms with Crippen LogP contribution in [0.15, 0.2) is 24.5 Å². The van der Waals surface area contributed by atoms with Gasteiger partial charge in [0, 0.05) is 25.0 Å². The van der Waals surface area contributed by atoms with Crippen LogP contribution in [-0.2, 0) is 11.3 Å². The minimum absolute atomic E-state index is 0.423. The molecule has 0 amide bonds. The first-order chi connectivity index (χ1) is 7.68. The molecule has 0 saturated heterocycles. The van der Waals surface area contributed by atoms with Gasteiger partial charge in [0.25, 0.3) is 0 Å². The minimum Gasteiger partial charge on any atom is -0.480 e. The Bertz CT molecular complexity index is 363. The molecule has 0 spiro atoms. The lowest BCUT2D eigenvalue weighted by Crippen LogP contribution is -2.40. The van der Waals surface area contributed by atoms with Crippen LogP contribution < -0.4 is 0 Å². The zero-order chi connectivity index (χ0) is 11.5. The Labute approximate surface area is 94.9 Å². The van der Waals surface area contributed by atoms with Gasteiger partial charge in [0.15, 0.2) is 0 Å². The number of pyridine rings is 1. The van der Waals surface area contributed by atoms with Crippen LogP contribution in [0.3, 0.4) is 0 Å². The molecule has 1 aromatic heterocycles. The van der Waals surface area contributed by atoms with Gasteiger partial charge in [-0.15, -0.1) is 0 Å². The lowest BCUT2D eigenvalue weighted by atomic mass is 10.2. The molecule has 1 N–H and O–H groups in total. The molecule has 4 heteroatoms. The van der Waals surface area contributed by atoms with E-state index < -0.39 is 12.0 Å². The molecule has 1 saturated carbocycles. The number of hydrogen-bond donors (Lipinski definition) is 1. The van der Waals surface area contributed by atoms with E-state index in [9.17, 15) is 4.79 Å². The lowest BCUT2D eigenvalue weighted by Gasteiger charge is -2.25. The number of carboxylic acid groups (broad SMARTS) is 1. The van der Waals surface area contributed by atoms with Gasteiger partial charge in [-0.3, -0.25) is 14.7 Å². The highest BCUT2D eigenvalue weighted by Crippen LogP contribution is 2.30. The van der Waals surface area contributed by atoms with E-state index in [1.54, 1.807) is 19.3 Å². The summed E-state index contributed by atoms with van der Waals surface area (Å²) in [5.74, 6) is -0.754. The molecule has 0 bridgehead atoms. The zero-order valence-corrected chi connectivity index (χ0v) is 9.34. The molecule has 0 aromatic carbocycles. The fourth-order valence-corrected chi connectivity index (χ4v) is 1.83. The van der Waals surface area contributed by atoms with E-state index in [0.717, 1.165) is 18.4 Å². The van der Waals surface area contributed by atoms with Crippen LogP contribution in [0.25, 0.3) is 0 Å². The second-order valence-corrected chi connectivity index (χ2v) is 4.28. The first-order valence-electron chi connectivity index (χ1n) is 5.56. The fraction of sp³-hybridized carbons (Fsp3) is 0.500. The Hall–Kier alpha value is -1.42. The van der Waals surface area contributed by atoms with Crippen LogP contribution in [0, 0.1) is 0 Å². The third kappa shape index (κ3) is 2.58. The normalized spacial score (nSPS) is 17.4. The molecule has 86 valence electrons. The van der Waals surface area contributed by atoms with Crippen molar-refractivity contribution in [2.24, 2.45) is 0 Å². The molecule has 1 aliphatic rings. The molecular formula is C12H16N2O2. The zero-order valence-electron chi connectivity index (χ0n) is 9.34. The molecule has 1 unspecified atom stereocenters. The van der Waals surface area contributed by atoms with Gasteiger partial charge in [-0.05, 0) is 31.4 Å². The summed E-state index contributed by atoms with van der Waals surface area (Å²) in [5, 5.41) is 9.05. The SMILES string of the molecule is CC(C(=O)O)N(Cc1cccnc1)C1CC1. The molecule has 0 radical (unpaired) electrons. The topological polar surface area (TPSA) is 53.4 Å². The third-order valence-electron chi connectivity index (χ3n) is 2.96. The maximum absolute atomic E-state index is 11.0. The first-order valence-corrected chi connectivity index (χ1v) is 5.56. The molecule has 1 aliphatic carbocycles. The van der Waals surface area contributed by atoms with Crippen molar-refractivity contribution in [3.63, 3.8) is 0 Å². The molecule has 0 aliphatic heterocycles. The summed E-state index contributed by atoms with van der Waals surface area (Å²) in [6, 6.07) is 3.88. The van der Waals surface area contributed by atoms with Gasteiger partial charge in [-0.2, -0.15) is 0 Å². The van der Waals surface area contributed by atoms with Crippen LogP contribution in [0.2, 0.25) is 0 Å². The highest BCUT2D eigenvalue weighted by Gasteiger charge is 2.34. The molecule has 1 atom stereocenters. The predicted octanol–water partition coefficient (Wildman–Crippen LogP) is 1.52. The molecule has 1 aromatic rings. The van der Waals surface area contributed by atoms with Crippen LogP contribution in [0.4, 0.5) is 0 Å². The van der Waals surface area contributed by atoms with Gasteiger partial charge in [-0.1, -0.05) is 6.07 Å². The van der Waals surface area contributed by atoms with Crippen molar-refractivity contribution >= 4 is 5.97 Å². The summed E-state index contributed by atoms with van der Waals surface area (Å²) >= 11 is 0. The van der Waals surface area contributed by atoms with Gasteiger partial charge >= 0.3 is 5.97 Å². The third-order valence-corrected chi connectivity index (χ3v) is 2.96. The number of carboxylic acids is 1. The average molecular weight is 220 g/mol. The van der Waals surface area contributed by atoms with Crippen molar-refractivity contribution in [1.82, 2.24) is 9.88 Å². The Morgan fingerprint density at radius 3 is 2.94 bits per heavy atom. The van der Waals surface area contributed by atoms with Crippen LogP contribution >= 0.6 is 0 Å². The summed E-state index contributed by atoms with van der Waals surface area (Å²) < 4.78 is 0. The number of aliphatic carboxylic acids is 1. The van der Waals surface area contributed by atoms with Gasteiger partial charge in [0.1, 0.15) is 6.04 Å². The molecule has 1 fully saturated rings. The lowest BCUT2D eigenvalue weighted by molar-refractivity contribution is -0.143. The van der Waals surface area contributed by atoms with E-state index in [1.165, 1.54) is 0 Å². The van der Waals surface area contributed by atoms with Crippen molar-refractivity contribution in [2.75, 3.05) is 0 Å². The summed E-state index contributed by atoms with van der Waals surface area (Å²) in [6.07, 6.45) is 5.74. The van der Waals surface area contributed by atoms with Gasteiger partial charge in [-0.25, -0.2) is 0 Å². The number of carbonyl (C=O) groups is 1. The molecule has 4 nitrogen and oxygen atoms in total. The van der Waals surface area contributed by atoms with Crippen molar-refractivity contribution in [3.8, 4) is 0 Å². The molecule has 2 rings (SSSR count). The Morgan fingerprint density at radius 1 is 1.69 bits per heavy atom. The number of hydrogen-bond acceptors (Lipinski definition) is 3. The van der Waals surface area contributed by atoms with Crippen molar-refractivity contribution in [2.45, 2.75) is 38.4 Å². The summed E-state index contributed by atoms with van der Waals surface area (Å²) in [4.78, 5) is 17.1. The number of rotatable bonds is 5. The quantitative estimate of drug-likeness (QED) is 0.817. The molecular weight excluding hydrogens is 204 g/mol. The van der Waals surface area contributed by atoms with Crippen molar-refractivity contribution in [1.29, 1.82) is 0 Å². The van der Waals surface area contributed by atoms with E-state index in [0.29, 0.717) is 12.6 Å². The fourth-order valence-electron chi connectivity index (χ4n) is 1.83. The van der Waals surface area contributed by atoms with Gasteiger partial charge in [0.2, 0.25) is 0 Å². The highest BCUT2D eigenvalue weighted by molar-refractivity contribution is 5.73. The average Bonchev–Trinajstić information content (AvgIpc) is 3.10. The highest BCUT2D eigenvalue weighted by atomic mass is 16.4. The van der Waals surface area contributed by atoms with E-state index >= 15 is 0 Å². The summed E-state index contributed by atoms with van der Waals surface area (Å²) in [5.41, 5.74) is 1.07. The minimum atomic E-state index is -0.754. The molecule has 1 heterocycles. The van der Waals surface area contributed by atoms with Crippen molar-refractivity contribution in [3.05, 3.63) is 30.1 Å². The second kappa shape index (κ2) is 4.61. The Balaban J connectivity index is 2.06. The van der Waals surface area contributed by atoms with Crippen LogP contribution in [0.5, 0.6) is 0 Å². The maximum atomic E-state index is 11.0. The number of nitrogens with zero attached hydrogens (tertiary/aromatic N) is 2. The summed E-state index contributed by atoms with van der Waals surface area (Å²) in [7, 11) is 0. The smallest absolute Gasteiger partial charge is 0.320 e. The van der Waals surface area contributed by atoms with E-state index in [1.807, 2.05) is 17.0 Å². The molecule has 16 heavy (non-hydrogen) atoms. The predicted molar refractivity (Wildman–Crippen MR) is 59.9 cm³/mol. The Kier molecular flexibility index (Phi) is 3.19. The second-order valence-electron chi connectivity index (χ2n) is 4.28. The van der Waals surface area contributed by atoms with Crippen LogP contribution in [-0.4, -0.2) is 33.0 Å². The van der Waals surface area contributed by atoms with Gasteiger partial charge in [0.05, 0.1) is 0 Å². The number of aromatic nitrogens is 1. The first kappa shape index (κ1) is 11.1. The van der Waals surface area contributed by atoms with Crippen molar-refractivity contribution < 1.29 is 9.90 Å². The maximum Gasteiger partial charge on any atom is 0.320 e. The monoisotopic (exact) mass is 220 g/mol. The standard InChI is InChI=1S/C12H16N2O2/c1-9(12(15)16)14(11-4-5-11)8-10-3-2-6-13-7-10/h2-3,6-7,9,11H,4-5,8H2,1H3,(H,15,16). The van der Waals surface area contributed by atoms with E-state index in [-0.39, 0.29) is 0 Å². The van der Waals surface area contributed by atoms with Crippen LogP contribution in [0.1, 0.15) is 25.3 Å². The van der Waals surface area contributed by atoms with E-state index in [4.69, 9.17) is 5.11 Å².